The summed E-state index contributed by atoms with van der Waals surface area (Å²) in [5.41, 5.74) is 14.5. The molecular weight excluding hydrogens is 330 g/mol. The van der Waals surface area contributed by atoms with E-state index in [-0.39, 0.29) is 6.17 Å². The predicted octanol–water partition coefficient (Wildman–Crippen LogP) is 5.97. The molecule has 0 saturated heterocycles. The number of nitrogens with two attached hydrogens (primary N) is 2. The summed E-state index contributed by atoms with van der Waals surface area (Å²) in [6.45, 7) is 0.837. The lowest BCUT2D eigenvalue weighted by atomic mass is 10.1. The molecule has 1 atom stereocenters. The van der Waals surface area contributed by atoms with Crippen LogP contribution in [0.1, 0.15) is 64.2 Å². The monoisotopic (exact) mass is 367 g/mol. The Labute approximate surface area is 165 Å². The van der Waals surface area contributed by atoms with Crippen LogP contribution in [0.4, 0.5) is 11.4 Å². The van der Waals surface area contributed by atoms with Crippen molar-refractivity contribution in [3.05, 3.63) is 60.7 Å². The van der Waals surface area contributed by atoms with E-state index in [4.69, 9.17) is 11.5 Å². The fourth-order valence-electron chi connectivity index (χ4n) is 3.57. The molecule has 3 heteroatoms. The highest BCUT2D eigenvalue weighted by molar-refractivity contribution is 5.63. The van der Waals surface area contributed by atoms with E-state index in [0.29, 0.717) is 0 Å². The van der Waals surface area contributed by atoms with E-state index in [1.807, 2.05) is 12.1 Å². The van der Waals surface area contributed by atoms with Crippen molar-refractivity contribution in [2.75, 3.05) is 11.4 Å². The number of nitrogens with zero attached hydrogens (tertiary/aromatic N) is 1. The summed E-state index contributed by atoms with van der Waals surface area (Å²) < 4.78 is 0. The molecule has 0 bridgehead atoms. The molecule has 2 rings (SSSR count). The van der Waals surface area contributed by atoms with E-state index in [1.165, 1.54) is 57.8 Å². The van der Waals surface area contributed by atoms with Crippen molar-refractivity contribution in [2.45, 2.75) is 70.4 Å². The van der Waals surface area contributed by atoms with Crippen molar-refractivity contribution in [2.24, 2.45) is 11.5 Å². The topological polar surface area (TPSA) is 55.3 Å². The van der Waals surface area contributed by atoms with Gasteiger partial charge in [-0.05, 0) is 43.7 Å². The average Bonchev–Trinajstić information content (AvgIpc) is 2.71. The SMILES string of the molecule is NCCCCCCCCCCCC(N)N(c1ccccc1)c1ccccc1. The van der Waals surface area contributed by atoms with E-state index in [9.17, 15) is 0 Å². The van der Waals surface area contributed by atoms with Gasteiger partial charge < -0.3 is 16.4 Å². The summed E-state index contributed by atoms with van der Waals surface area (Å²) in [6.07, 6.45) is 12.7. The maximum absolute atomic E-state index is 6.61. The number of hydrogen-bond acceptors (Lipinski definition) is 3. The largest absolute Gasteiger partial charge is 0.330 e. The molecule has 27 heavy (non-hydrogen) atoms. The maximum atomic E-state index is 6.61. The van der Waals surface area contributed by atoms with Crippen LogP contribution in [0.25, 0.3) is 0 Å². The van der Waals surface area contributed by atoms with E-state index in [0.717, 1.165) is 24.3 Å². The molecule has 0 aliphatic heterocycles. The molecule has 0 fully saturated rings. The zero-order valence-corrected chi connectivity index (χ0v) is 16.7. The van der Waals surface area contributed by atoms with Gasteiger partial charge in [0.2, 0.25) is 0 Å². The molecule has 0 aliphatic rings. The van der Waals surface area contributed by atoms with Crippen LogP contribution < -0.4 is 16.4 Å². The number of unbranched alkanes of at least 4 members (excludes halogenated alkanes) is 8. The minimum absolute atomic E-state index is 0.00561. The fourth-order valence-corrected chi connectivity index (χ4v) is 3.57. The third-order valence-corrected chi connectivity index (χ3v) is 5.10. The Morgan fingerprint density at radius 1 is 0.593 bits per heavy atom. The molecule has 0 spiro atoms. The first-order valence-electron chi connectivity index (χ1n) is 10.7. The first kappa shape index (κ1) is 21.5. The Kier molecular flexibility index (Phi) is 10.6. The standard InChI is InChI=1S/C24H37N3/c25-21-15-7-5-3-1-2-4-6-14-20-24(26)27(22-16-10-8-11-17-22)23-18-12-9-13-19-23/h8-13,16-19,24H,1-7,14-15,20-21,25-26H2. The van der Waals surface area contributed by atoms with Gasteiger partial charge in [0.15, 0.2) is 0 Å². The lowest BCUT2D eigenvalue weighted by molar-refractivity contribution is 0.524. The van der Waals surface area contributed by atoms with Crippen LogP contribution in [0, 0.1) is 0 Å². The van der Waals surface area contributed by atoms with Crippen molar-refractivity contribution < 1.29 is 0 Å². The average molecular weight is 368 g/mol. The van der Waals surface area contributed by atoms with Gasteiger partial charge in [-0.3, -0.25) is 0 Å². The normalized spacial score (nSPS) is 12.1. The van der Waals surface area contributed by atoms with Crippen LogP contribution in [0.5, 0.6) is 0 Å². The molecule has 0 saturated carbocycles. The molecule has 0 heterocycles. The summed E-state index contributed by atoms with van der Waals surface area (Å²) in [5, 5.41) is 0. The molecule has 148 valence electrons. The van der Waals surface area contributed by atoms with Crippen molar-refractivity contribution in [1.82, 2.24) is 0 Å². The minimum atomic E-state index is 0.00561. The highest BCUT2D eigenvalue weighted by Crippen LogP contribution is 2.27. The van der Waals surface area contributed by atoms with Gasteiger partial charge in [0.05, 0.1) is 6.17 Å². The molecule has 2 aromatic carbocycles. The Morgan fingerprint density at radius 3 is 1.44 bits per heavy atom. The van der Waals surface area contributed by atoms with Gasteiger partial charge in [0.25, 0.3) is 0 Å². The molecule has 3 nitrogen and oxygen atoms in total. The second kappa shape index (κ2) is 13.3. The molecule has 0 radical (unpaired) electrons. The van der Waals surface area contributed by atoms with Crippen LogP contribution in [-0.2, 0) is 0 Å². The minimum Gasteiger partial charge on any atom is -0.330 e. The lowest BCUT2D eigenvalue weighted by Gasteiger charge is -2.31. The number of hydrogen-bond donors (Lipinski definition) is 2. The summed E-state index contributed by atoms with van der Waals surface area (Å²) in [4.78, 5) is 2.26. The van der Waals surface area contributed by atoms with Gasteiger partial charge in [-0.25, -0.2) is 0 Å². The molecule has 1 unspecified atom stereocenters. The second-order valence-corrected chi connectivity index (χ2v) is 7.37. The third kappa shape index (κ3) is 8.15. The van der Waals surface area contributed by atoms with Crippen molar-refractivity contribution in [3.8, 4) is 0 Å². The quantitative estimate of drug-likeness (QED) is 0.319. The molecule has 0 amide bonds. The zero-order chi connectivity index (χ0) is 19.2. The number of benzene rings is 2. The van der Waals surface area contributed by atoms with Gasteiger partial charge >= 0.3 is 0 Å². The summed E-state index contributed by atoms with van der Waals surface area (Å²) in [7, 11) is 0. The van der Waals surface area contributed by atoms with Gasteiger partial charge in [-0.1, -0.05) is 87.8 Å². The van der Waals surface area contributed by atoms with Crippen LogP contribution in [0.2, 0.25) is 0 Å². The van der Waals surface area contributed by atoms with E-state index >= 15 is 0 Å². The Hall–Kier alpha value is -1.84. The molecule has 0 aliphatic carbocycles. The van der Waals surface area contributed by atoms with Gasteiger partial charge in [-0.2, -0.15) is 0 Å². The second-order valence-electron chi connectivity index (χ2n) is 7.37. The van der Waals surface area contributed by atoms with E-state index in [2.05, 4.69) is 53.4 Å². The predicted molar refractivity (Wildman–Crippen MR) is 118 cm³/mol. The van der Waals surface area contributed by atoms with Crippen molar-refractivity contribution in [1.29, 1.82) is 0 Å². The van der Waals surface area contributed by atoms with Gasteiger partial charge in [0.1, 0.15) is 0 Å². The number of para-hydroxylation sites is 2. The maximum Gasteiger partial charge on any atom is 0.0820 e. The van der Waals surface area contributed by atoms with Gasteiger partial charge in [-0.15, -0.1) is 0 Å². The van der Waals surface area contributed by atoms with Crippen LogP contribution in [-0.4, -0.2) is 12.7 Å². The Morgan fingerprint density at radius 2 is 1.00 bits per heavy atom. The smallest absolute Gasteiger partial charge is 0.0820 e. The lowest BCUT2D eigenvalue weighted by Crippen LogP contribution is -2.38. The summed E-state index contributed by atoms with van der Waals surface area (Å²) >= 11 is 0. The Bertz CT molecular complexity index is 546. The number of rotatable bonds is 14. The fraction of sp³-hybridized carbons (Fsp3) is 0.500. The van der Waals surface area contributed by atoms with E-state index in [1.54, 1.807) is 0 Å². The summed E-state index contributed by atoms with van der Waals surface area (Å²) in [5.74, 6) is 0. The van der Waals surface area contributed by atoms with Crippen molar-refractivity contribution >= 4 is 11.4 Å². The number of anilines is 2. The first-order chi connectivity index (χ1) is 13.3. The van der Waals surface area contributed by atoms with Crippen LogP contribution >= 0.6 is 0 Å². The van der Waals surface area contributed by atoms with Crippen LogP contribution in [0.15, 0.2) is 60.7 Å². The zero-order valence-electron chi connectivity index (χ0n) is 16.7. The van der Waals surface area contributed by atoms with Crippen LogP contribution in [0.3, 0.4) is 0 Å². The molecule has 2 aromatic rings. The highest BCUT2D eigenvalue weighted by atomic mass is 15.2. The van der Waals surface area contributed by atoms with E-state index < -0.39 is 0 Å². The van der Waals surface area contributed by atoms with Crippen molar-refractivity contribution in [3.63, 3.8) is 0 Å². The first-order valence-corrected chi connectivity index (χ1v) is 10.7. The highest BCUT2D eigenvalue weighted by Gasteiger charge is 2.16. The summed E-state index contributed by atoms with van der Waals surface area (Å²) in [6, 6.07) is 20.9. The third-order valence-electron chi connectivity index (χ3n) is 5.10. The molecular formula is C24H37N3. The van der Waals surface area contributed by atoms with Gasteiger partial charge in [0, 0.05) is 11.4 Å². The molecule has 0 aromatic heterocycles. The molecule has 4 N–H and O–H groups in total. The Balaban J connectivity index is 1.73.